The smallest absolute Gasteiger partial charge is 0.243 e. The maximum Gasteiger partial charge on any atom is 0.243 e. The Morgan fingerprint density at radius 3 is 2.83 bits per heavy atom. The van der Waals surface area contributed by atoms with Crippen molar-refractivity contribution in [2.24, 2.45) is 0 Å². The van der Waals surface area contributed by atoms with Crippen LogP contribution in [-0.4, -0.2) is 27.0 Å². The molecule has 2 N–H and O–H groups in total. The van der Waals surface area contributed by atoms with E-state index in [1.54, 1.807) is 6.20 Å². The van der Waals surface area contributed by atoms with Gasteiger partial charge in [-0.05, 0) is 42.3 Å². The number of aromatic nitrogens is 3. The highest BCUT2D eigenvalue weighted by molar-refractivity contribution is 6.31. The number of nitrogens with zero attached hydrogens (tertiary/aromatic N) is 3. The topological polar surface area (TPSA) is 71.8 Å². The molecule has 3 heterocycles. The largest absolute Gasteiger partial charge is 0.374 e. The number of fused-ring (bicyclic) bond motifs is 2. The van der Waals surface area contributed by atoms with E-state index in [9.17, 15) is 4.79 Å². The van der Waals surface area contributed by atoms with Crippen molar-refractivity contribution < 1.29 is 4.79 Å². The number of anilines is 2. The number of benzene rings is 2. The molecule has 2 aromatic heterocycles. The number of carbonyl (C=O) groups excluding carboxylic acids is 1. The van der Waals surface area contributed by atoms with Crippen molar-refractivity contribution in [1.82, 2.24) is 14.5 Å². The van der Waals surface area contributed by atoms with Crippen molar-refractivity contribution in [1.29, 1.82) is 0 Å². The summed E-state index contributed by atoms with van der Waals surface area (Å²) in [6.45, 7) is 0.983. The number of amides is 1. The summed E-state index contributed by atoms with van der Waals surface area (Å²) >= 11 is 6.36. The fourth-order valence-corrected chi connectivity index (χ4v) is 3.90. The third kappa shape index (κ3) is 3.32. The summed E-state index contributed by atoms with van der Waals surface area (Å²) in [7, 11) is 0. The lowest BCUT2D eigenvalue weighted by Crippen LogP contribution is -2.27. The van der Waals surface area contributed by atoms with E-state index in [4.69, 9.17) is 16.6 Å². The van der Waals surface area contributed by atoms with Gasteiger partial charge < -0.3 is 15.2 Å². The Morgan fingerprint density at radius 2 is 2.00 bits per heavy atom. The highest BCUT2D eigenvalue weighted by Crippen LogP contribution is 2.33. The van der Waals surface area contributed by atoms with Gasteiger partial charge >= 0.3 is 0 Å². The molecule has 1 aliphatic rings. The van der Waals surface area contributed by atoms with E-state index < -0.39 is 0 Å². The monoisotopic (exact) mass is 403 g/mol. The van der Waals surface area contributed by atoms with E-state index in [1.165, 1.54) is 0 Å². The molecule has 29 heavy (non-hydrogen) atoms. The molecule has 0 saturated carbocycles. The van der Waals surface area contributed by atoms with Gasteiger partial charge in [0.1, 0.15) is 5.82 Å². The molecule has 6 nitrogen and oxygen atoms in total. The summed E-state index contributed by atoms with van der Waals surface area (Å²) in [5, 5.41) is 6.85. The molecule has 0 bridgehead atoms. The van der Waals surface area contributed by atoms with E-state index in [0.717, 1.165) is 57.3 Å². The third-order valence-electron chi connectivity index (χ3n) is 5.08. The van der Waals surface area contributed by atoms with Gasteiger partial charge in [0.15, 0.2) is 0 Å². The van der Waals surface area contributed by atoms with Gasteiger partial charge in [-0.3, -0.25) is 9.78 Å². The minimum atomic E-state index is -0.0533. The minimum Gasteiger partial charge on any atom is -0.374 e. The number of aryl methyl sites for hydroxylation is 2. The van der Waals surface area contributed by atoms with E-state index >= 15 is 0 Å². The first-order valence-electron chi connectivity index (χ1n) is 9.41. The molecule has 1 aliphatic heterocycles. The Morgan fingerprint density at radius 1 is 1.10 bits per heavy atom. The predicted molar refractivity (Wildman–Crippen MR) is 115 cm³/mol. The molecule has 0 atom stereocenters. The van der Waals surface area contributed by atoms with Gasteiger partial charge in [-0.25, -0.2) is 4.98 Å². The molecule has 5 rings (SSSR count). The first-order valence-corrected chi connectivity index (χ1v) is 9.78. The van der Waals surface area contributed by atoms with E-state index in [-0.39, 0.29) is 12.5 Å². The summed E-state index contributed by atoms with van der Waals surface area (Å²) < 4.78 is 2.19. The quantitative estimate of drug-likeness (QED) is 0.531. The molecule has 2 aromatic carbocycles. The minimum absolute atomic E-state index is 0.0533. The maximum absolute atomic E-state index is 11.7. The van der Waals surface area contributed by atoms with E-state index in [1.807, 2.05) is 54.7 Å². The molecule has 0 fully saturated rings. The first kappa shape index (κ1) is 17.7. The van der Waals surface area contributed by atoms with Crippen LogP contribution in [0.5, 0.6) is 0 Å². The zero-order valence-corrected chi connectivity index (χ0v) is 16.3. The molecular weight excluding hydrogens is 386 g/mol. The Labute approximate surface area is 172 Å². The highest BCUT2D eigenvalue weighted by Gasteiger charge is 2.19. The highest BCUT2D eigenvalue weighted by atomic mass is 35.5. The second-order valence-corrected chi connectivity index (χ2v) is 7.37. The molecular formula is C22H18ClN5O. The second kappa shape index (κ2) is 7.22. The molecule has 0 spiro atoms. The van der Waals surface area contributed by atoms with Crippen LogP contribution in [0.2, 0.25) is 5.02 Å². The van der Waals surface area contributed by atoms with Crippen LogP contribution >= 0.6 is 11.6 Å². The number of pyridine rings is 1. The molecule has 144 valence electrons. The zero-order valence-electron chi connectivity index (χ0n) is 15.5. The Balaban J connectivity index is 1.62. The van der Waals surface area contributed by atoms with Gasteiger partial charge in [0.2, 0.25) is 5.91 Å². The van der Waals surface area contributed by atoms with Crippen molar-refractivity contribution in [3.8, 4) is 11.4 Å². The van der Waals surface area contributed by atoms with Gasteiger partial charge in [0.05, 0.1) is 29.0 Å². The molecule has 0 radical (unpaired) electrons. The summed E-state index contributed by atoms with van der Waals surface area (Å²) in [5.41, 5.74) is 5.51. The van der Waals surface area contributed by atoms with E-state index in [0.29, 0.717) is 0 Å². The van der Waals surface area contributed by atoms with Crippen LogP contribution in [0.1, 0.15) is 5.56 Å². The lowest BCUT2D eigenvalue weighted by molar-refractivity contribution is -0.114. The maximum atomic E-state index is 11.7. The molecule has 0 unspecified atom stereocenters. The molecule has 0 saturated heterocycles. The van der Waals surface area contributed by atoms with Crippen LogP contribution < -0.4 is 10.6 Å². The Kier molecular flexibility index (Phi) is 4.41. The number of imidazole rings is 1. The number of carbonyl (C=O) groups is 1. The molecule has 1 amide bonds. The number of halogens is 1. The molecule has 7 heteroatoms. The van der Waals surface area contributed by atoms with Gasteiger partial charge in [-0.2, -0.15) is 0 Å². The van der Waals surface area contributed by atoms with E-state index in [2.05, 4.69) is 20.2 Å². The van der Waals surface area contributed by atoms with Gasteiger partial charge in [0.25, 0.3) is 0 Å². The fraction of sp³-hybridized carbons (Fsp3) is 0.136. The Hall–Kier alpha value is -3.38. The second-order valence-electron chi connectivity index (χ2n) is 6.96. The predicted octanol–water partition coefficient (Wildman–Crippen LogP) is 4.36. The lowest BCUT2D eigenvalue weighted by Gasteiger charge is -2.19. The average molecular weight is 404 g/mol. The number of hydrogen-bond donors (Lipinski definition) is 2. The summed E-state index contributed by atoms with van der Waals surface area (Å²) in [5.74, 6) is 0.788. The fourth-order valence-electron chi connectivity index (χ4n) is 3.67. The molecule has 4 aromatic rings. The molecule has 0 aliphatic carbocycles. The average Bonchev–Trinajstić information content (AvgIpc) is 3.09. The van der Waals surface area contributed by atoms with Crippen LogP contribution in [0.4, 0.5) is 11.4 Å². The first-order chi connectivity index (χ1) is 14.2. The standard InChI is InChI=1S/C22H18ClN5O/c23-16-6-2-1-4-14(16)7-9-28-20-11-17-18(26-21(29)13-25-17)10-19(20)27-22(28)15-5-3-8-24-12-15/h1-6,8,10-12,25H,7,9,13H2,(H,26,29). The number of rotatable bonds is 4. The van der Waals surface area contributed by atoms with Crippen molar-refractivity contribution in [2.45, 2.75) is 13.0 Å². The SMILES string of the molecule is O=C1CNc2cc3c(cc2N1)nc(-c1cccnc1)n3CCc1ccccc1Cl. The number of hydrogen-bond acceptors (Lipinski definition) is 4. The third-order valence-corrected chi connectivity index (χ3v) is 5.45. The van der Waals surface area contributed by atoms with Crippen molar-refractivity contribution >= 4 is 39.9 Å². The van der Waals surface area contributed by atoms with Gasteiger partial charge in [-0.1, -0.05) is 29.8 Å². The summed E-state index contributed by atoms with van der Waals surface area (Å²) in [6, 6.07) is 15.8. The number of nitrogens with one attached hydrogen (secondary N) is 2. The van der Waals surface area contributed by atoms with Crippen LogP contribution in [-0.2, 0) is 17.8 Å². The lowest BCUT2D eigenvalue weighted by atomic mass is 10.1. The van der Waals surface area contributed by atoms with Gasteiger partial charge in [0, 0.05) is 29.5 Å². The summed E-state index contributed by atoms with van der Waals surface area (Å²) in [6.07, 6.45) is 4.34. The van der Waals surface area contributed by atoms with Crippen molar-refractivity contribution in [2.75, 3.05) is 17.2 Å². The van der Waals surface area contributed by atoms with Gasteiger partial charge in [-0.15, -0.1) is 0 Å². The normalized spacial score (nSPS) is 13.1. The summed E-state index contributed by atoms with van der Waals surface area (Å²) in [4.78, 5) is 20.8. The van der Waals surface area contributed by atoms with Crippen LogP contribution in [0.25, 0.3) is 22.4 Å². The van der Waals surface area contributed by atoms with Crippen LogP contribution in [0.15, 0.2) is 60.9 Å². The van der Waals surface area contributed by atoms with Crippen LogP contribution in [0.3, 0.4) is 0 Å². The van der Waals surface area contributed by atoms with Crippen LogP contribution in [0, 0.1) is 0 Å². The van der Waals surface area contributed by atoms with Crippen molar-refractivity contribution in [3.05, 3.63) is 71.5 Å². The Bertz CT molecular complexity index is 1220. The zero-order chi connectivity index (χ0) is 19.8. The van der Waals surface area contributed by atoms with Crippen molar-refractivity contribution in [3.63, 3.8) is 0 Å².